The number of aliphatic imine (C=N–C) groups is 2. The summed E-state index contributed by atoms with van der Waals surface area (Å²) in [4.78, 5) is 24.5. The molecule has 2 fully saturated rings. The molecule has 2 rings (SSSR count). The molecule has 1 unspecified atom stereocenters. The number of terminal acetylenes is 1. The summed E-state index contributed by atoms with van der Waals surface area (Å²) in [6.45, 7) is 9.22. The van der Waals surface area contributed by atoms with E-state index >= 15 is 0 Å². The molecule has 0 aliphatic carbocycles. The highest BCUT2D eigenvalue weighted by Crippen LogP contribution is 2.32. The van der Waals surface area contributed by atoms with E-state index in [1.54, 1.807) is 13.3 Å². The predicted molar refractivity (Wildman–Crippen MR) is 106 cm³/mol. The lowest BCUT2D eigenvalue weighted by Gasteiger charge is -2.28. The van der Waals surface area contributed by atoms with Gasteiger partial charge in [0.2, 0.25) is 5.29 Å². The van der Waals surface area contributed by atoms with E-state index in [-0.39, 0.29) is 23.3 Å². The lowest BCUT2D eigenvalue weighted by atomic mass is 10.1. The summed E-state index contributed by atoms with van der Waals surface area (Å²) >= 11 is 5.77. The first-order chi connectivity index (χ1) is 12.2. The molecule has 0 N–H and O–H groups in total. The first-order valence-corrected chi connectivity index (χ1v) is 9.46. The van der Waals surface area contributed by atoms with Gasteiger partial charge in [-0.15, -0.1) is 6.42 Å². The molecule has 0 spiro atoms. The SMILES string of the molecule is C#CC(/C=N\C(Cl)=N/C)CCN1C[C@@H]2CCN(C(=O)OC(C)(C)C)[C@@H]2C1. The number of rotatable bonds is 4. The predicted octanol–water partition coefficient (Wildman–Crippen LogP) is 2.86. The monoisotopic (exact) mass is 380 g/mol. The molecule has 0 aromatic heterocycles. The summed E-state index contributed by atoms with van der Waals surface area (Å²) in [5, 5.41) is 0.203. The number of halogens is 1. The minimum absolute atomic E-state index is 0.0760. The van der Waals surface area contributed by atoms with Gasteiger partial charge in [0.1, 0.15) is 5.60 Å². The topological polar surface area (TPSA) is 57.5 Å². The number of amidine groups is 1. The molecule has 26 heavy (non-hydrogen) atoms. The molecule has 2 aliphatic rings. The van der Waals surface area contributed by atoms with Crippen LogP contribution in [-0.2, 0) is 4.74 Å². The van der Waals surface area contributed by atoms with E-state index in [0.29, 0.717) is 5.92 Å². The summed E-state index contributed by atoms with van der Waals surface area (Å²) in [5.74, 6) is 3.17. The maximum atomic E-state index is 12.4. The van der Waals surface area contributed by atoms with Crippen molar-refractivity contribution < 1.29 is 9.53 Å². The van der Waals surface area contributed by atoms with Crippen molar-refractivity contribution in [3.05, 3.63) is 0 Å². The van der Waals surface area contributed by atoms with Crippen molar-refractivity contribution in [1.82, 2.24) is 9.80 Å². The zero-order chi connectivity index (χ0) is 19.3. The third kappa shape index (κ3) is 5.72. The van der Waals surface area contributed by atoms with Crippen LogP contribution in [0.4, 0.5) is 4.79 Å². The molecule has 7 heteroatoms. The molecule has 144 valence electrons. The van der Waals surface area contributed by atoms with Gasteiger partial charge in [0, 0.05) is 32.9 Å². The van der Waals surface area contributed by atoms with Crippen LogP contribution in [0.2, 0.25) is 0 Å². The van der Waals surface area contributed by atoms with E-state index in [1.807, 2.05) is 25.7 Å². The third-order valence-corrected chi connectivity index (χ3v) is 5.03. The van der Waals surface area contributed by atoms with Crippen LogP contribution in [-0.4, -0.2) is 72.3 Å². The molecule has 3 atom stereocenters. The Labute approximate surface area is 161 Å². The smallest absolute Gasteiger partial charge is 0.410 e. The van der Waals surface area contributed by atoms with E-state index in [1.165, 1.54) is 0 Å². The number of hydrogen-bond acceptors (Lipinski definition) is 4. The van der Waals surface area contributed by atoms with Crippen LogP contribution < -0.4 is 0 Å². The van der Waals surface area contributed by atoms with Crippen LogP contribution in [0.25, 0.3) is 0 Å². The second kappa shape index (κ2) is 8.88. The number of nitrogens with zero attached hydrogens (tertiary/aromatic N) is 4. The quantitative estimate of drug-likeness (QED) is 0.326. The number of hydrogen-bond donors (Lipinski definition) is 0. The summed E-state index contributed by atoms with van der Waals surface area (Å²) in [6, 6.07) is 0.240. The maximum Gasteiger partial charge on any atom is 0.410 e. The lowest BCUT2D eigenvalue weighted by molar-refractivity contribution is 0.0218. The molecule has 0 saturated carbocycles. The Hall–Kier alpha value is -1.58. The number of likely N-dealkylation sites (tertiary alicyclic amines) is 2. The van der Waals surface area contributed by atoms with Crippen LogP contribution in [0.15, 0.2) is 9.98 Å². The molecular weight excluding hydrogens is 352 g/mol. The van der Waals surface area contributed by atoms with Crippen LogP contribution in [0, 0.1) is 24.2 Å². The van der Waals surface area contributed by atoms with Gasteiger partial charge in [-0.25, -0.2) is 9.79 Å². The van der Waals surface area contributed by atoms with Gasteiger partial charge in [-0.1, -0.05) is 5.92 Å². The second-order valence-corrected chi connectivity index (χ2v) is 8.22. The van der Waals surface area contributed by atoms with E-state index in [0.717, 1.165) is 39.0 Å². The highest BCUT2D eigenvalue weighted by atomic mass is 35.5. The Morgan fingerprint density at radius 1 is 1.46 bits per heavy atom. The van der Waals surface area contributed by atoms with Gasteiger partial charge in [-0.05, 0) is 57.7 Å². The summed E-state index contributed by atoms with van der Waals surface area (Å²) in [5.41, 5.74) is -0.462. The average Bonchev–Trinajstić information content (AvgIpc) is 3.12. The van der Waals surface area contributed by atoms with Gasteiger partial charge in [0.15, 0.2) is 0 Å². The van der Waals surface area contributed by atoms with Crippen molar-refractivity contribution in [2.24, 2.45) is 21.8 Å². The zero-order valence-electron chi connectivity index (χ0n) is 16.1. The summed E-state index contributed by atoms with van der Waals surface area (Å²) in [6.07, 6.45) is 8.90. The first-order valence-electron chi connectivity index (χ1n) is 9.08. The van der Waals surface area contributed by atoms with Gasteiger partial charge < -0.3 is 14.5 Å². The summed E-state index contributed by atoms with van der Waals surface area (Å²) < 4.78 is 5.55. The van der Waals surface area contributed by atoms with Crippen molar-refractivity contribution in [2.45, 2.75) is 45.3 Å². The molecule has 0 bridgehead atoms. The molecule has 6 nitrogen and oxygen atoms in total. The summed E-state index contributed by atoms with van der Waals surface area (Å²) in [7, 11) is 1.59. The molecule has 0 aromatic rings. The van der Waals surface area contributed by atoms with Gasteiger partial charge >= 0.3 is 6.09 Å². The molecule has 0 radical (unpaired) electrons. The molecule has 0 aromatic carbocycles. The minimum Gasteiger partial charge on any atom is -0.444 e. The number of ether oxygens (including phenoxy) is 1. The van der Waals surface area contributed by atoms with E-state index in [2.05, 4.69) is 20.8 Å². The third-order valence-electron chi connectivity index (χ3n) is 4.77. The number of amides is 1. The fourth-order valence-electron chi connectivity index (χ4n) is 3.51. The number of carbonyl (C=O) groups excluding carboxylic acids is 1. The Bertz CT molecular complexity index is 606. The van der Waals surface area contributed by atoms with Crippen molar-refractivity contribution in [2.75, 3.05) is 33.2 Å². The van der Waals surface area contributed by atoms with Gasteiger partial charge in [-0.2, -0.15) is 0 Å². The van der Waals surface area contributed by atoms with Gasteiger partial charge in [0.25, 0.3) is 0 Å². The van der Waals surface area contributed by atoms with Gasteiger partial charge in [-0.3, -0.25) is 4.99 Å². The largest absolute Gasteiger partial charge is 0.444 e. The van der Waals surface area contributed by atoms with Crippen molar-refractivity contribution in [3.63, 3.8) is 0 Å². The normalized spacial score (nSPS) is 25.4. The number of fused-ring (bicyclic) bond motifs is 1. The maximum absolute atomic E-state index is 12.4. The Morgan fingerprint density at radius 2 is 2.19 bits per heavy atom. The van der Waals surface area contributed by atoms with Crippen LogP contribution in [0.1, 0.15) is 33.6 Å². The highest BCUT2D eigenvalue weighted by molar-refractivity contribution is 6.65. The molecule has 2 aliphatic heterocycles. The van der Waals surface area contributed by atoms with Crippen molar-refractivity contribution in [1.29, 1.82) is 0 Å². The van der Waals surface area contributed by atoms with Gasteiger partial charge in [0.05, 0.1) is 12.0 Å². The fraction of sp³-hybridized carbons (Fsp3) is 0.737. The fourth-order valence-corrected chi connectivity index (χ4v) is 3.57. The second-order valence-electron chi connectivity index (χ2n) is 7.88. The number of carbonyl (C=O) groups is 1. The highest BCUT2D eigenvalue weighted by Gasteiger charge is 2.44. The molecule has 2 heterocycles. The zero-order valence-corrected chi connectivity index (χ0v) is 16.9. The average molecular weight is 381 g/mol. The Balaban J connectivity index is 1.85. The van der Waals surface area contributed by atoms with Crippen molar-refractivity contribution >= 4 is 29.2 Å². The molecule has 2 saturated heterocycles. The lowest BCUT2D eigenvalue weighted by Crippen LogP contribution is -2.42. The minimum atomic E-state index is -0.462. The molecular formula is C19H29ClN4O2. The van der Waals surface area contributed by atoms with Crippen molar-refractivity contribution in [3.8, 4) is 12.3 Å². The standard InChI is InChI=1S/C19H29ClN4O2/c1-6-14(11-22-17(20)21-5)7-9-23-12-15-8-10-24(16(15)13-23)18(25)26-19(2,3)4/h1,11,14-16H,7-10,12-13H2,2-5H3/b21-17-,22-11-/t14?,15-,16+/m0/s1. The van der Waals surface area contributed by atoms with Crippen LogP contribution in [0.3, 0.4) is 0 Å². The van der Waals surface area contributed by atoms with E-state index in [4.69, 9.17) is 22.8 Å². The first kappa shape index (κ1) is 20.7. The van der Waals surface area contributed by atoms with Crippen LogP contribution >= 0.6 is 11.6 Å². The Morgan fingerprint density at radius 3 is 2.81 bits per heavy atom. The molecule has 1 amide bonds. The van der Waals surface area contributed by atoms with Crippen LogP contribution in [0.5, 0.6) is 0 Å². The Kier molecular flexibility index (Phi) is 7.08. The van der Waals surface area contributed by atoms with E-state index in [9.17, 15) is 4.79 Å². The van der Waals surface area contributed by atoms with E-state index < -0.39 is 5.60 Å².